The fourth-order valence-electron chi connectivity index (χ4n) is 2.00. The van der Waals surface area contributed by atoms with Gasteiger partial charge in [-0.25, -0.2) is 0 Å². The molecule has 19 heavy (non-hydrogen) atoms. The third-order valence-electron chi connectivity index (χ3n) is 2.93. The van der Waals surface area contributed by atoms with E-state index < -0.39 is 0 Å². The van der Waals surface area contributed by atoms with Crippen molar-refractivity contribution in [3.63, 3.8) is 0 Å². The van der Waals surface area contributed by atoms with Crippen molar-refractivity contribution in [1.82, 2.24) is 0 Å². The highest BCUT2D eigenvalue weighted by Crippen LogP contribution is 2.32. The van der Waals surface area contributed by atoms with Crippen LogP contribution in [0.2, 0.25) is 0 Å². The first-order valence-corrected chi connectivity index (χ1v) is 7.02. The van der Waals surface area contributed by atoms with Gasteiger partial charge in [0.25, 0.3) is 0 Å². The van der Waals surface area contributed by atoms with Gasteiger partial charge in [-0.3, -0.25) is 0 Å². The number of ether oxygens (including phenoxy) is 1. The molecular weight excluding hydrogens is 349 g/mol. The second-order valence-corrected chi connectivity index (χ2v) is 5.43. The van der Waals surface area contributed by atoms with Crippen molar-refractivity contribution >= 4 is 39.1 Å². The molecule has 0 unspecified atom stereocenters. The van der Waals surface area contributed by atoms with Crippen LogP contribution in [0.15, 0.2) is 60.7 Å². The molecule has 0 aliphatic heterocycles. The summed E-state index contributed by atoms with van der Waals surface area (Å²) in [6.07, 6.45) is 0. The quantitative estimate of drug-likeness (QED) is 0.525. The first-order chi connectivity index (χ1) is 9.24. The molecule has 0 atom stereocenters. The number of hydrogen-bond donors (Lipinski definition) is 1. The Balaban J connectivity index is 2.06. The number of benzene rings is 3. The summed E-state index contributed by atoms with van der Waals surface area (Å²) < 4.78 is 7.02. The third kappa shape index (κ3) is 2.51. The highest BCUT2D eigenvalue weighted by atomic mass is 127. The van der Waals surface area contributed by atoms with E-state index in [9.17, 15) is 0 Å². The summed E-state index contributed by atoms with van der Waals surface area (Å²) in [6, 6.07) is 19.9. The van der Waals surface area contributed by atoms with Gasteiger partial charge in [0.05, 0.1) is 3.57 Å². The van der Waals surface area contributed by atoms with Crippen molar-refractivity contribution < 1.29 is 4.74 Å². The largest absolute Gasteiger partial charge is 0.456 e. The van der Waals surface area contributed by atoms with Gasteiger partial charge in [-0.05, 0) is 52.2 Å². The van der Waals surface area contributed by atoms with Crippen LogP contribution in [0.25, 0.3) is 10.8 Å². The Kier molecular flexibility index (Phi) is 3.29. The van der Waals surface area contributed by atoms with Crippen molar-refractivity contribution in [2.75, 3.05) is 5.73 Å². The number of halogens is 1. The second kappa shape index (κ2) is 5.09. The lowest BCUT2D eigenvalue weighted by Gasteiger charge is -2.10. The van der Waals surface area contributed by atoms with Gasteiger partial charge >= 0.3 is 0 Å². The van der Waals surface area contributed by atoms with Crippen LogP contribution in [-0.4, -0.2) is 0 Å². The van der Waals surface area contributed by atoms with Gasteiger partial charge in [0.2, 0.25) is 0 Å². The van der Waals surface area contributed by atoms with Crippen LogP contribution in [-0.2, 0) is 0 Å². The van der Waals surface area contributed by atoms with Gasteiger partial charge in [0.1, 0.15) is 11.5 Å². The van der Waals surface area contributed by atoms with Crippen molar-refractivity contribution in [2.24, 2.45) is 0 Å². The van der Waals surface area contributed by atoms with Crippen molar-refractivity contribution in [3.8, 4) is 11.5 Å². The maximum atomic E-state index is 6.01. The molecular formula is C16H12INO. The average molecular weight is 361 g/mol. The van der Waals surface area contributed by atoms with E-state index >= 15 is 0 Å². The maximum absolute atomic E-state index is 6.01. The molecule has 2 nitrogen and oxygen atoms in total. The second-order valence-electron chi connectivity index (χ2n) is 4.27. The van der Waals surface area contributed by atoms with Crippen LogP contribution in [0.4, 0.5) is 5.69 Å². The van der Waals surface area contributed by atoms with E-state index in [0.29, 0.717) is 0 Å². The highest BCUT2D eigenvalue weighted by molar-refractivity contribution is 14.1. The number of fused-ring (bicyclic) bond motifs is 1. The fraction of sp³-hybridized carbons (Fsp3) is 0. The molecule has 0 aliphatic rings. The van der Waals surface area contributed by atoms with E-state index in [0.717, 1.165) is 26.1 Å². The molecule has 0 bridgehead atoms. The summed E-state index contributed by atoms with van der Waals surface area (Å²) in [5, 5.41) is 2.28. The Morgan fingerprint density at radius 2 is 1.63 bits per heavy atom. The molecule has 94 valence electrons. The minimum atomic E-state index is 0.745. The Hall–Kier alpha value is -1.75. The molecule has 0 saturated carbocycles. The van der Waals surface area contributed by atoms with Crippen LogP contribution in [0.5, 0.6) is 11.5 Å². The molecule has 0 fully saturated rings. The van der Waals surface area contributed by atoms with E-state index in [2.05, 4.69) is 40.8 Å². The first kappa shape index (κ1) is 12.3. The molecule has 0 saturated heterocycles. The molecule has 0 aromatic heterocycles. The van der Waals surface area contributed by atoms with Crippen molar-refractivity contribution in [2.45, 2.75) is 0 Å². The van der Waals surface area contributed by atoms with Gasteiger partial charge in [0, 0.05) is 11.1 Å². The summed E-state index contributed by atoms with van der Waals surface area (Å²) in [5.74, 6) is 1.69. The maximum Gasteiger partial charge on any atom is 0.140 e. The van der Waals surface area contributed by atoms with Gasteiger partial charge in [-0.15, -0.1) is 0 Å². The predicted octanol–water partition coefficient (Wildman–Crippen LogP) is 4.82. The molecule has 2 N–H and O–H groups in total. The SMILES string of the molecule is Nc1ccc(Oc2cccc3ccccc23)c(I)c1. The van der Waals surface area contributed by atoms with Gasteiger partial charge in [-0.1, -0.05) is 36.4 Å². The van der Waals surface area contributed by atoms with E-state index in [1.54, 1.807) is 0 Å². The van der Waals surface area contributed by atoms with Crippen molar-refractivity contribution in [1.29, 1.82) is 0 Å². The molecule has 3 aromatic carbocycles. The van der Waals surface area contributed by atoms with Gasteiger partial charge < -0.3 is 10.5 Å². The summed E-state index contributed by atoms with van der Waals surface area (Å²) in [5.41, 5.74) is 6.50. The van der Waals surface area contributed by atoms with E-state index in [4.69, 9.17) is 10.5 Å². The van der Waals surface area contributed by atoms with Crippen molar-refractivity contribution in [3.05, 3.63) is 64.2 Å². The number of rotatable bonds is 2. The minimum absolute atomic E-state index is 0.745. The topological polar surface area (TPSA) is 35.2 Å². The molecule has 0 radical (unpaired) electrons. The number of hydrogen-bond acceptors (Lipinski definition) is 2. The summed E-state index contributed by atoms with van der Waals surface area (Å²) in [4.78, 5) is 0. The van der Waals surface area contributed by atoms with Crippen LogP contribution in [0, 0.1) is 3.57 Å². The van der Waals surface area contributed by atoms with Crippen LogP contribution in [0.3, 0.4) is 0 Å². The minimum Gasteiger partial charge on any atom is -0.456 e. The Morgan fingerprint density at radius 3 is 2.47 bits per heavy atom. The molecule has 3 heteroatoms. The summed E-state index contributed by atoms with van der Waals surface area (Å²) in [7, 11) is 0. The average Bonchev–Trinajstić information content (AvgIpc) is 2.42. The monoisotopic (exact) mass is 361 g/mol. The van der Waals surface area contributed by atoms with E-state index in [1.165, 1.54) is 5.39 Å². The molecule has 0 spiro atoms. The fourth-order valence-corrected chi connectivity index (χ4v) is 2.65. The molecule has 0 amide bonds. The lowest BCUT2D eigenvalue weighted by atomic mass is 10.1. The Morgan fingerprint density at radius 1 is 0.842 bits per heavy atom. The summed E-state index contributed by atoms with van der Waals surface area (Å²) >= 11 is 2.23. The standard InChI is InChI=1S/C16H12INO/c17-14-10-12(18)8-9-16(14)19-15-7-3-5-11-4-1-2-6-13(11)15/h1-10H,18H2. The Bertz CT molecular complexity index is 734. The Labute approximate surface area is 125 Å². The number of nitrogen functional groups attached to an aromatic ring is 1. The van der Waals surface area contributed by atoms with Gasteiger partial charge in [-0.2, -0.15) is 0 Å². The predicted molar refractivity (Wildman–Crippen MR) is 87.6 cm³/mol. The molecule has 3 aromatic rings. The molecule has 3 rings (SSSR count). The lowest BCUT2D eigenvalue weighted by molar-refractivity contribution is 0.485. The summed E-state index contributed by atoms with van der Waals surface area (Å²) in [6.45, 7) is 0. The third-order valence-corrected chi connectivity index (χ3v) is 3.77. The zero-order valence-electron chi connectivity index (χ0n) is 10.1. The molecule has 0 heterocycles. The number of nitrogens with two attached hydrogens (primary N) is 1. The normalized spacial score (nSPS) is 10.6. The van der Waals surface area contributed by atoms with Crippen LogP contribution >= 0.6 is 22.6 Å². The van der Waals surface area contributed by atoms with Crippen LogP contribution in [0.1, 0.15) is 0 Å². The smallest absolute Gasteiger partial charge is 0.140 e. The highest BCUT2D eigenvalue weighted by Gasteiger charge is 2.06. The van der Waals surface area contributed by atoms with E-state index in [1.807, 2.05) is 42.5 Å². The zero-order valence-corrected chi connectivity index (χ0v) is 12.3. The first-order valence-electron chi connectivity index (χ1n) is 5.95. The number of anilines is 1. The van der Waals surface area contributed by atoms with E-state index in [-0.39, 0.29) is 0 Å². The van der Waals surface area contributed by atoms with Gasteiger partial charge in [0.15, 0.2) is 0 Å². The molecule has 0 aliphatic carbocycles. The lowest BCUT2D eigenvalue weighted by Crippen LogP contribution is -1.91. The van der Waals surface area contributed by atoms with Crippen LogP contribution < -0.4 is 10.5 Å². The zero-order chi connectivity index (χ0) is 13.2.